The van der Waals surface area contributed by atoms with Crippen LogP contribution in [0.4, 0.5) is 5.69 Å². The summed E-state index contributed by atoms with van der Waals surface area (Å²) in [5, 5.41) is 6.40. The van der Waals surface area contributed by atoms with E-state index in [2.05, 4.69) is 23.6 Å². The monoisotopic (exact) mass is 246 g/mol. The molecule has 3 nitrogen and oxygen atoms in total. The van der Waals surface area contributed by atoms with Crippen LogP contribution in [0, 0.1) is 13.8 Å². The van der Waals surface area contributed by atoms with E-state index in [9.17, 15) is 4.79 Å². The lowest BCUT2D eigenvalue weighted by atomic mass is 9.90. The number of amides is 1. The number of carbonyl (C=O) groups is 1. The lowest BCUT2D eigenvalue weighted by molar-refractivity contribution is -0.122. The zero-order valence-electron chi connectivity index (χ0n) is 11.5. The van der Waals surface area contributed by atoms with Crippen LogP contribution in [0.15, 0.2) is 18.2 Å². The molecule has 1 aliphatic heterocycles. The van der Waals surface area contributed by atoms with Crippen LogP contribution < -0.4 is 10.6 Å². The summed E-state index contributed by atoms with van der Waals surface area (Å²) in [6.45, 7) is 7.02. The quantitative estimate of drug-likeness (QED) is 0.842. The van der Waals surface area contributed by atoms with Gasteiger partial charge in [0, 0.05) is 5.69 Å². The Balaban J connectivity index is 2.13. The lowest BCUT2D eigenvalue weighted by Gasteiger charge is -2.33. The maximum Gasteiger partial charge on any atom is 0.244 e. The SMILES string of the molecule is Cc1cccc(NC(=O)C2(C)CCCCN2)c1C. The van der Waals surface area contributed by atoms with E-state index >= 15 is 0 Å². The van der Waals surface area contributed by atoms with Gasteiger partial charge in [-0.2, -0.15) is 0 Å². The molecule has 0 bridgehead atoms. The largest absolute Gasteiger partial charge is 0.324 e. The average molecular weight is 246 g/mol. The number of rotatable bonds is 2. The third-order valence-corrected chi connectivity index (χ3v) is 3.97. The number of hydrogen-bond acceptors (Lipinski definition) is 2. The Morgan fingerprint density at radius 2 is 2.11 bits per heavy atom. The van der Waals surface area contributed by atoms with E-state index in [-0.39, 0.29) is 5.91 Å². The Labute approximate surface area is 109 Å². The van der Waals surface area contributed by atoms with Crippen LogP contribution in [0.3, 0.4) is 0 Å². The average Bonchev–Trinajstić information content (AvgIpc) is 2.36. The van der Waals surface area contributed by atoms with Gasteiger partial charge in [0.05, 0.1) is 5.54 Å². The molecule has 1 aliphatic rings. The summed E-state index contributed by atoms with van der Waals surface area (Å²) in [5.74, 6) is 0.0795. The fourth-order valence-electron chi connectivity index (χ4n) is 2.40. The molecule has 1 aromatic rings. The highest BCUT2D eigenvalue weighted by Crippen LogP contribution is 2.23. The molecule has 1 fully saturated rings. The number of piperidine rings is 1. The smallest absolute Gasteiger partial charge is 0.244 e. The zero-order chi connectivity index (χ0) is 13.2. The summed E-state index contributed by atoms with van der Waals surface area (Å²) in [6.07, 6.45) is 3.18. The van der Waals surface area contributed by atoms with Gasteiger partial charge in [-0.15, -0.1) is 0 Å². The molecule has 1 unspecified atom stereocenters. The van der Waals surface area contributed by atoms with E-state index in [1.165, 1.54) is 5.56 Å². The van der Waals surface area contributed by atoms with Gasteiger partial charge in [-0.25, -0.2) is 0 Å². The van der Waals surface area contributed by atoms with Crippen molar-refractivity contribution < 1.29 is 4.79 Å². The van der Waals surface area contributed by atoms with Crippen LogP contribution in [-0.2, 0) is 4.79 Å². The van der Waals surface area contributed by atoms with Gasteiger partial charge in [-0.05, 0) is 63.8 Å². The Bertz CT molecular complexity index is 448. The van der Waals surface area contributed by atoms with Crippen molar-refractivity contribution in [3.05, 3.63) is 29.3 Å². The minimum Gasteiger partial charge on any atom is -0.324 e. The minimum atomic E-state index is -0.422. The number of hydrogen-bond donors (Lipinski definition) is 2. The van der Waals surface area contributed by atoms with Gasteiger partial charge in [-0.3, -0.25) is 4.79 Å². The summed E-state index contributed by atoms with van der Waals surface area (Å²) >= 11 is 0. The first-order valence-corrected chi connectivity index (χ1v) is 6.66. The topological polar surface area (TPSA) is 41.1 Å². The molecule has 2 rings (SSSR count). The Hall–Kier alpha value is -1.35. The second-order valence-corrected chi connectivity index (χ2v) is 5.42. The van der Waals surface area contributed by atoms with Crippen LogP contribution in [0.25, 0.3) is 0 Å². The standard InChI is InChI=1S/C15H22N2O/c1-11-7-6-8-13(12(11)2)17-14(18)15(3)9-4-5-10-16-15/h6-8,16H,4-5,9-10H2,1-3H3,(H,17,18). The van der Waals surface area contributed by atoms with Crippen molar-refractivity contribution in [3.63, 3.8) is 0 Å². The summed E-state index contributed by atoms with van der Waals surface area (Å²) in [7, 11) is 0. The molecule has 2 N–H and O–H groups in total. The van der Waals surface area contributed by atoms with Gasteiger partial charge >= 0.3 is 0 Å². The van der Waals surface area contributed by atoms with E-state index in [1.807, 2.05) is 26.0 Å². The van der Waals surface area contributed by atoms with Gasteiger partial charge in [0.25, 0.3) is 0 Å². The van der Waals surface area contributed by atoms with Crippen LogP contribution in [0.5, 0.6) is 0 Å². The van der Waals surface area contributed by atoms with Crippen LogP contribution >= 0.6 is 0 Å². The van der Waals surface area contributed by atoms with Crippen molar-refractivity contribution in [2.45, 2.75) is 45.6 Å². The molecule has 1 atom stereocenters. The van der Waals surface area contributed by atoms with Gasteiger partial charge < -0.3 is 10.6 Å². The van der Waals surface area contributed by atoms with E-state index in [1.54, 1.807) is 0 Å². The molecule has 98 valence electrons. The Kier molecular flexibility index (Phi) is 3.71. The molecule has 0 spiro atoms. The van der Waals surface area contributed by atoms with Gasteiger partial charge in [0.1, 0.15) is 0 Å². The second-order valence-electron chi connectivity index (χ2n) is 5.42. The molecule has 1 aromatic carbocycles. The highest BCUT2D eigenvalue weighted by Gasteiger charge is 2.34. The number of carbonyl (C=O) groups excluding carboxylic acids is 1. The Morgan fingerprint density at radius 1 is 1.33 bits per heavy atom. The summed E-state index contributed by atoms with van der Waals surface area (Å²) in [5.41, 5.74) is 2.85. The first-order valence-electron chi connectivity index (χ1n) is 6.66. The maximum absolute atomic E-state index is 12.4. The van der Waals surface area contributed by atoms with Crippen molar-refractivity contribution >= 4 is 11.6 Å². The predicted molar refractivity (Wildman–Crippen MR) is 74.8 cm³/mol. The first-order chi connectivity index (χ1) is 8.53. The third-order valence-electron chi connectivity index (χ3n) is 3.97. The molecule has 1 amide bonds. The third kappa shape index (κ3) is 2.56. The van der Waals surface area contributed by atoms with Crippen molar-refractivity contribution in [3.8, 4) is 0 Å². The fraction of sp³-hybridized carbons (Fsp3) is 0.533. The Morgan fingerprint density at radius 3 is 2.78 bits per heavy atom. The van der Waals surface area contributed by atoms with Crippen LogP contribution in [0.2, 0.25) is 0 Å². The first kappa shape index (κ1) is 13.1. The van der Waals surface area contributed by atoms with Gasteiger partial charge in [0.2, 0.25) is 5.91 Å². The molecule has 1 saturated heterocycles. The molecule has 3 heteroatoms. The molecule has 0 radical (unpaired) electrons. The maximum atomic E-state index is 12.4. The zero-order valence-corrected chi connectivity index (χ0v) is 11.5. The molecule has 1 heterocycles. The van der Waals surface area contributed by atoms with Crippen LogP contribution in [0.1, 0.15) is 37.3 Å². The van der Waals surface area contributed by atoms with E-state index in [0.717, 1.165) is 37.1 Å². The van der Waals surface area contributed by atoms with E-state index < -0.39 is 5.54 Å². The molecular weight excluding hydrogens is 224 g/mol. The normalized spacial score (nSPS) is 23.7. The highest BCUT2D eigenvalue weighted by atomic mass is 16.2. The van der Waals surface area contributed by atoms with Crippen molar-refractivity contribution in [1.29, 1.82) is 0 Å². The van der Waals surface area contributed by atoms with Crippen molar-refractivity contribution in [2.24, 2.45) is 0 Å². The predicted octanol–water partition coefficient (Wildman–Crippen LogP) is 2.77. The highest BCUT2D eigenvalue weighted by molar-refractivity contribution is 5.98. The fourth-order valence-corrected chi connectivity index (χ4v) is 2.40. The molecular formula is C15H22N2O. The van der Waals surface area contributed by atoms with E-state index in [0.29, 0.717) is 0 Å². The molecule has 0 saturated carbocycles. The summed E-state index contributed by atoms with van der Waals surface area (Å²) in [6, 6.07) is 6.01. The number of benzene rings is 1. The second kappa shape index (κ2) is 5.11. The van der Waals surface area contributed by atoms with Crippen LogP contribution in [-0.4, -0.2) is 18.0 Å². The number of anilines is 1. The summed E-state index contributed by atoms with van der Waals surface area (Å²) < 4.78 is 0. The van der Waals surface area contributed by atoms with E-state index in [4.69, 9.17) is 0 Å². The number of aryl methyl sites for hydroxylation is 1. The minimum absolute atomic E-state index is 0.0795. The number of nitrogens with one attached hydrogen (secondary N) is 2. The van der Waals surface area contributed by atoms with Crippen molar-refractivity contribution in [2.75, 3.05) is 11.9 Å². The molecule has 0 aliphatic carbocycles. The van der Waals surface area contributed by atoms with Crippen molar-refractivity contribution in [1.82, 2.24) is 5.32 Å². The summed E-state index contributed by atoms with van der Waals surface area (Å²) in [4.78, 5) is 12.4. The van der Waals surface area contributed by atoms with Gasteiger partial charge in [0.15, 0.2) is 0 Å². The lowest BCUT2D eigenvalue weighted by Crippen LogP contribution is -2.54. The van der Waals surface area contributed by atoms with Gasteiger partial charge in [-0.1, -0.05) is 12.1 Å². The molecule has 0 aromatic heterocycles. The molecule has 18 heavy (non-hydrogen) atoms.